The van der Waals surface area contributed by atoms with Crippen molar-refractivity contribution in [1.82, 2.24) is 0 Å². The van der Waals surface area contributed by atoms with Gasteiger partial charge < -0.3 is 4.74 Å². The number of ether oxygens (including phenoxy) is 1. The third kappa shape index (κ3) is 5.07. The van der Waals surface area contributed by atoms with Crippen LogP contribution in [0.1, 0.15) is 41.5 Å². The van der Waals surface area contributed by atoms with Crippen LogP contribution in [0, 0.1) is 5.92 Å². The Bertz CT molecular complexity index is 1460. The first-order valence-electron chi connectivity index (χ1n) is 12.3. The van der Waals surface area contributed by atoms with Gasteiger partial charge in [-0.05, 0) is 59.9 Å². The minimum atomic E-state index is -5.25. The van der Waals surface area contributed by atoms with Crippen molar-refractivity contribution >= 4 is 28.8 Å². The number of halogens is 6. The smallest absolute Gasteiger partial charge is 0.471 e. The van der Waals surface area contributed by atoms with Crippen LogP contribution in [-0.2, 0) is 15.8 Å². The molecule has 0 saturated heterocycles. The average Bonchev–Trinajstić information content (AvgIpc) is 3.06. The lowest BCUT2D eigenvalue weighted by Gasteiger charge is -2.39. The summed E-state index contributed by atoms with van der Waals surface area (Å²) in [6, 6.07) is 15.0. The lowest BCUT2D eigenvalue weighted by atomic mass is 9.72. The third-order valence-electron chi connectivity index (χ3n) is 7.24. The molecule has 3 aromatic rings. The number of amides is 1. The molecule has 5 rings (SSSR count). The zero-order chi connectivity index (χ0) is 28.8. The van der Waals surface area contributed by atoms with Crippen LogP contribution in [-0.4, -0.2) is 30.7 Å². The van der Waals surface area contributed by atoms with E-state index in [2.05, 4.69) is 4.99 Å². The van der Waals surface area contributed by atoms with Crippen LogP contribution in [0.4, 0.5) is 37.7 Å². The van der Waals surface area contributed by atoms with Crippen molar-refractivity contribution in [3.05, 3.63) is 89.5 Å². The molecule has 208 valence electrons. The lowest BCUT2D eigenvalue weighted by Crippen LogP contribution is -2.49. The van der Waals surface area contributed by atoms with E-state index in [1.165, 1.54) is 61.7 Å². The molecule has 1 aliphatic heterocycles. The van der Waals surface area contributed by atoms with Crippen molar-refractivity contribution in [1.29, 1.82) is 0 Å². The molecule has 11 heteroatoms. The highest BCUT2D eigenvalue weighted by Crippen LogP contribution is 2.48. The Balaban J connectivity index is 1.64. The summed E-state index contributed by atoms with van der Waals surface area (Å²) in [5.74, 6) is -3.94. The Hall–Kier alpha value is -4.15. The number of methoxy groups -OCH3 is 1. The Morgan fingerprint density at radius 3 is 2.10 bits per heavy atom. The maximum Gasteiger partial charge on any atom is 0.471 e. The number of anilines is 1. The SMILES string of the molecule is COc1ccc(C2C3C(=O)CC(c4ccc(C(F)(F)F)cc4)CC3=Nc3ccccc3N2C(=O)C(F)(F)F)cc1. The number of ketones is 1. The standard InChI is InChI=1S/C29H22F6N2O3/c1-40-20-12-8-17(9-13-20)26-25-22(36-21-4-2-3-5-23(21)37(26)27(39)29(33,34)35)14-18(15-24(25)38)16-6-10-19(11-7-16)28(30,31)32/h2-13,18,25-26H,14-15H2,1H3. The maximum atomic E-state index is 14.0. The highest BCUT2D eigenvalue weighted by atomic mass is 19.4. The van der Waals surface area contributed by atoms with E-state index in [4.69, 9.17) is 4.74 Å². The zero-order valence-electron chi connectivity index (χ0n) is 21.0. The average molecular weight is 560 g/mol. The number of alkyl halides is 6. The second kappa shape index (κ2) is 10.1. The summed E-state index contributed by atoms with van der Waals surface area (Å²) >= 11 is 0. The van der Waals surface area contributed by atoms with E-state index in [-0.39, 0.29) is 35.5 Å². The van der Waals surface area contributed by atoms with Gasteiger partial charge in [-0.2, -0.15) is 26.3 Å². The predicted octanol–water partition coefficient (Wildman–Crippen LogP) is 7.20. The number of nitrogens with zero attached hydrogens (tertiary/aromatic N) is 2. The van der Waals surface area contributed by atoms with Crippen LogP contribution >= 0.6 is 0 Å². The Morgan fingerprint density at radius 2 is 1.50 bits per heavy atom. The predicted molar refractivity (Wildman–Crippen MR) is 135 cm³/mol. The lowest BCUT2D eigenvalue weighted by molar-refractivity contribution is -0.171. The van der Waals surface area contributed by atoms with Gasteiger partial charge in [0.25, 0.3) is 0 Å². The molecule has 3 aromatic carbocycles. The number of hydrogen-bond acceptors (Lipinski definition) is 4. The molecule has 3 unspecified atom stereocenters. The minimum absolute atomic E-state index is 0.0805. The molecular formula is C29H22F6N2O3. The quantitative estimate of drug-likeness (QED) is 0.319. The van der Waals surface area contributed by atoms with Crippen LogP contribution in [0.25, 0.3) is 0 Å². The van der Waals surface area contributed by atoms with Gasteiger partial charge in [-0.25, -0.2) is 0 Å². The summed E-state index contributed by atoms with van der Waals surface area (Å²) in [5.41, 5.74) is 0.145. The van der Waals surface area contributed by atoms with Crippen molar-refractivity contribution in [3.63, 3.8) is 0 Å². The van der Waals surface area contributed by atoms with E-state index in [1.54, 1.807) is 6.07 Å². The summed E-state index contributed by atoms with van der Waals surface area (Å²) in [7, 11) is 1.42. The van der Waals surface area contributed by atoms with Gasteiger partial charge in [0, 0.05) is 12.1 Å². The largest absolute Gasteiger partial charge is 0.497 e. The molecule has 2 aliphatic rings. The second-order valence-electron chi connectivity index (χ2n) is 9.65. The first-order chi connectivity index (χ1) is 18.9. The van der Waals surface area contributed by atoms with Crippen molar-refractivity contribution in [2.24, 2.45) is 10.9 Å². The molecule has 0 spiro atoms. The number of benzene rings is 3. The van der Waals surface area contributed by atoms with Gasteiger partial charge in [-0.15, -0.1) is 0 Å². The third-order valence-corrected chi connectivity index (χ3v) is 7.24. The first kappa shape index (κ1) is 27.4. The maximum absolute atomic E-state index is 14.0. The molecule has 1 saturated carbocycles. The molecule has 0 radical (unpaired) electrons. The summed E-state index contributed by atoms with van der Waals surface area (Å²) < 4.78 is 86.3. The van der Waals surface area contributed by atoms with Crippen LogP contribution in [0.5, 0.6) is 5.75 Å². The van der Waals surface area contributed by atoms with Crippen LogP contribution in [0.15, 0.2) is 77.8 Å². The van der Waals surface area contributed by atoms with E-state index in [0.717, 1.165) is 12.1 Å². The minimum Gasteiger partial charge on any atom is -0.497 e. The van der Waals surface area contributed by atoms with Gasteiger partial charge in [0.1, 0.15) is 11.5 Å². The van der Waals surface area contributed by atoms with E-state index in [1.807, 2.05) is 0 Å². The highest BCUT2D eigenvalue weighted by molar-refractivity contribution is 6.13. The topological polar surface area (TPSA) is 59.0 Å². The van der Waals surface area contributed by atoms with Gasteiger partial charge in [0.15, 0.2) is 0 Å². The molecule has 3 atom stereocenters. The fourth-order valence-electron chi connectivity index (χ4n) is 5.39. The molecule has 0 N–H and O–H groups in total. The number of hydrogen-bond donors (Lipinski definition) is 0. The summed E-state index contributed by atoms with van der Waals surface area (Å²) in [6.07, 6.45) is -9.81. The normalized spacial score (nSPS) is 21.2. The Morgan fingerprint density at radius 1 is 0.875 bits per heavy atom. The van der Waals surface area contributed by atoms with Gasteiger partial charge in [0.05, 0.1) is 36.0 Å². The molecule has 40 heavy (non-hydrogen) atoms. The van der Waals surface area contributed by atoms with Crippen LogP contribution in [0.3, 0.4) is 0 Å². The number of carbonyl (C=O) groups is 2. The van der Waals surface area contributed by atoms with Gasteiger partial charge in [-0.1, -0.05) is 36.4 Å². The van der Waals surface area contributed by atoms with Crippen molar-refractivity contribution < 1.29 is 40.7 Å². The Kier molecular flexibility index (Phi) is 6.93. The first-order valence-corrected chi connectivity index (χ1v) is 12.3. The molecule has 0 bridgehead atoms. The second-order valence-corrected chi connectivity index (χ2v) is 9.65. The molecular weight excluding hydrogens is 538 g/mol. The zero-order valence-corrected chi connectivity index (χ0v) is 21.0. The van der Waals surface area contributed by atoms with Gasteiger partial charge in [0.2, 0.25) is 0 Å². The molecule has 1 fully saturated rings. The van der Waals surface area contributed by atoms with Gasteiger partial charge >= 0.3 is 18.3 Å². The molecule has 5 nitrogen and oxygen atoms in total. The number of aliphatic imine (C=N–C) groups is 1. The van der Waals surface area contributed by atoms with Crippen LogP contribution in [0.2, 0.25) is 0 Å². The van der Waals surface area contributed by atoms with Crippen molar-refractivity contribution in [3.8, 4) is 5.75 Å². The number of para-hydroxylation sites is 2. The van der Waals surface area contributed by atoms with E-state index < -0.39 is 47.5 Å². The monoisotopic (exact) mass is 560 g/mol. The fraction of sp³-hybridized carbons (Fsp3) is 0.276. The Labute approximate surface area is 225 Å². The van der Waals surface area contributed by atoms with Crippen LogP contribution < -0.4 is 9.64 Å². The highest BCUT2D eigenvalue weighted by Gasteiger charge is 2.52. The van der Waals surface area contributed by atoms with E-state index in [9.17, 15) is 35.9 Å². The van der Waals surface area contributed by atoms with E-state index >= 15 is 0 Å². The summed E-state index contributed by atoms with van der Waals surface area (Å²) in [6.45, 7) is 0. The number of fused-ring (bicyclic) bond motifs is 2. The van der Waals surface area contributed by atoms with E-state index in [0.29, 0.717) is 16.2 Å². The molecule has 1 heterocycles. The number of Topliss-reactive ketones (excluding diaryl/α,β-unsaturated/α-hetero) is 1. The molecule has 1 amide bonds. The molecule has 0 aromatic heterocycles. The van der Waals surface area contributed by atoms with Crippen molar-refractivity contribution in [2.45, 2.75) is 37.2 Å². The number of carbonyl (C=O) groups excluding carboxylic acids is 2. The summed E-state index contributed by atoms with van der Waals surface area (Å²) in [5, 5.41) is 0. The van der Waals surface area contributed by atoms with Gasteiger partial charge in [-0.3, -0.25) is 19.5 Å². The summed E-state index contributed by atoms with van der Waals surface area (Å²) in [4.78, 5) is 31.9. The molecule has 1 aliphatic carbocycles. The number of rotatable bonds is 3. The fourth-order valence-corrected chi connectivity index (χ4v) is 5.39. The van der Waals surface area contributed by atoms with Crippen molar-refractivity contribution in [2.75, 3.05) is 12.0 Å².